The van der Waals surface area contributed by atoms with E-state index in [1.807, 2.05) is 0 Å². The van der Waals surface area contributed by atoms with Crippen molar-refractivity contribution in [3.63, 3.8) is 0 Å². The van der Waals surface area contributed by atoms with Gasteiger partial charge in [-0.25, -0.2) is 4.57 Å². The number of carbonyl (C=O) groups excluding carboxylic acids is 2. The first-order chi connectivity index (χ1) is 30.9. The summed E-state index contributed by atoms with van der Waals surface area (Å²) in [6, 6.07) is -3.62. The maximum absolute atomic E-state index is 12.7. The minimum absolute atomic E-state index is 0.864. The van der Waals surface area contributed by atoms with Gasteiger partial charge in [-0.15, -0.1) is 0 Å². The molecular formula is C34H59N2O29P. The van der Waals surface area contributed by atoms with Crippen molar-refractivity contribution in [2.45, 2.75) is 167 Å². The average molecular weight is 991 g/mol. The van der Waals surface area contributed by atoms with Crippen LogP contribution in [0.15, 0.2) is 0 Å². The Labute approximate surface area is 373 Å². The van der Waals surface area contributed by atoms with E-state index in [0.29, 0.717) is 0 Å². The highest BCUT2D eigenvalue weighted by Gasteiger charge is 2.57. The summed E-state index contributed by atoms with van der Waals surface area (Å²) in [5.74, 6) is -1.75. The van der Waals surface area contributed by atoms with Crippen LogP contribution in [0.2, 0.25) is 0 Å². The molecule has 5 heterocycles. The minimum Gasteiger partial charge on any atom is -0.394 e. The molecule has 0 aliphatic carbocycles. The predicted molar refractivity (Wildman–Crippen MR) is 201 cm³/mol. The molecule has 31 nitrogen and oxygen atoms in total. The molecule has 384 valence electrons. The molecule has 5 saturated heterocycles. The fourth-order valence-corrected chi connectivity index (χ4v) is 8.23. The standard InChI is InChI=1S/C34H59N2O29P/c1-8(40)35-15-21(46)27(14(6-56-33-24(49)22(47)17(42)10(3-37)60-33)62-31(15)65-29-20(45)11(4-38)58-30(52)26(29)51)63-32-16(36-9(2)41)28(19(44)12(5-39)59-32)64-34-25(50)23(48)18(43)13(61-34)7-57-66(53,54)55/h10-34,37-39,42-52H,3-7H2,1-2H3,(H,35,40)(H,36,41)(H2,53,54,55)/t10-,11-,12-,13-,14-,15-,16-,17-,18+,19+,20+,21-,22+,23+,24-,25-,26-,27-,28-,29+,30+,31+,32+,33-,34+/m1/s1. The molecule has 18 N–H and O–H groups in total. The highest BCUT2D eigenvalue weighted by atomic mass is 31.2. The van der Waals surface area contributed by atoms with Crippen LogP contribution >= 0.6 is 7.82 Å². The van der Waals surface area contributed by atoms with E-state index < -0.39 is 206 Å². The number of hydrogen-bond donors (Lipinski definition) is 18. The number of phosphoric ester groups is 1. The Morgan fingerprint density at radius 2 is 0.909 bits per heavy atom. The molecule has 0 bridgehead atoms. The molecule has 32 heteroatoms. The fourth-order valence-electron chi connectivity index (χ4n) is 7.89. The normalized spacial score (nSPS) is 47.0. The summed E-state index contributed by atoms with van der Waals surface area (Å²) in [5.41, 5.74) is 0. The van der Waals surface area contributed by atoms with Crippen LogP contribution in [-0.2, 0) is 61.3 Å². The average Bonchev–Trinajstić information content (AvgIpc) is 3.25. The van der Waals surface area contributed by atoms with Crippen molar-refractivity contribution in [1.82, 2.24) is 10.6 Å². The van der Waals surface area contributed by atoms with Crippen molar-refractivity contribution in [2.75, 3.05) is 33.0 Å². The second kappa shape index (κ2) is 23.4. The van der Waals surface area contributed by atoms with Gasteiger partial charge in [0, 0.05) is 13.8 Å². The number of ether oxygens (including phenoxy) is 9. The maximum Gasteiger partial charge on any atom is 0.469 e. The summed E-state index contributed by atoms with van der Waals surface area (Å²) in [6.07, 6.45) is -44.5. The van der Waals surface area contributed by atoms with Gasteiger partial charge in [0.1, 0.15) is 122 Å². The largest absolute Gasteiger partial charge is 0.469 e. The Bertz CT molecular complexity index is 1620. The Balaban J connectivity index is 1.51. The van der Waals surface area contributed by atoms with E-state index in [0.717, 1.165) is 13.8 Å². The second-order valence-electron chi connectivity index (χ2n) is 16.1. The number of phosphoric acid groups is 1. The molecule has 5 aliphatic rings. The lowest BCUT2D eigenvalue weighted by molar-refractivity contribution is -0.373. The van der Waals surface area contributed by atoms with Crippen molar-refractivity contribution in [1.29, 1.82) is 0 Å². The van der Waals surface area contributed by atoms with Gasteiger partial charge in [0.2, 0.25) is 11.8 Å². The van der Waals surface area contributed by atoms with Crippen molar-refractivity contribution < 1.29 is 143 Å². The first-order valence-electron chi connectivity index (χ1n) is 20.3. The number of aliphatic hydroxyl groups is 14. The van der Waals surface area contributed by atoms with Gasteiger partial charge >= 0.3 is 7.82 Å². The maximum atomic E-state index is 12.7. The Morgan fingerprint density at radius 3 is 1.48 bits per heavy atom. The highest BCUT2D eigenvalue weighted by Crippen LogP contribution is 2.38. The third-order valence-corrected chi connectivity index (χ3v) is 11.8. The van der Waals surface area contributed by atoms with Gasteiger partial charge in [0.05, 0.1) is 33.0 Å². The van der Waals surface area contributed by atoms with Gasteiger partial charge < -0.3 is 135 Å². The van der Waals surface area contributed by atoms with Crippen LogP contribution in [0.1, 0.15) is 13.8 Å². The quantitative estimate of drug-likeness (QED) is 0.0602. The minimum atomic E-state index is -5.19. The number of nitrogens with one attached hydrogen (secondary N) is 2. The number of carbonyl (C=O) groups is 2. The molecule has 0 saturated carbocycles. The number of hydrogen-bond acceptors (Lipinski definition) is 27. The molecule has 5 rings (SSSR count). The molecule has 0 radical (unpaired) electrons. The zero-order valence-corrected chi connectivity index (χ0v) is 35.8. The SMILES string of the molecule is CC(=O)N[C@H]1[C@H](O[C@@H]2[C@@H](O)[C@@H](O)O[C@H](CO)[C@@H]2O)O[C@H](CO[C@@H]2O[C@H](CO)[C@@H](O)[C@H](O)[C@H]2O)[C@@H](O[C@@H]2O[C@H](CO)[C@H](O)[C@H](O[C@@H]3O[C@H](COP(=O)(O)O)[C@H](O)[C@H](O)[C@H]3O)[C@H]2NC(C)=O)[C@@H]1O. The van der Waals surface area contributed by atoms with Crippen molar-refractivity contribution in [3.8, 4) is 0 Å². The first kappa shape index (κ1) is 55.1. The van der Waals surface area contributed by atoms with Crippen LogP contribution < -0.4 is 10.6 Å². The van der Waals surface area contributed by atoms with E-state index in [2.05, 4.69) is 15.2 Å². The lowest BCUT2D eigenvalue weighted by Crippen LogP contribution is -2.71. The van der Waals surface area contributed by atoms with E-state index in [-0.39, 0.29) is 0 Å². The predicted octanol–water partition coefficient (Wildman–Crippen LogP) is -11.5. The molecule has 5 aliphatic heterocycles. The van der Waals surface area contributed by atoms with Gasteiger partial charge in [0.25, 0.3) is 0 Å². The first-order valence-corrected chi connectivity index (χ1v) is 21.9. The van der Waals surface area contributed by atoms with E-state index in [9.17, 15) is 95.4 Å². The molecular weight excluding hydrogens is 931 g/mol. The molecule has 0 aromatic carbocycles. The fraction of sp³-hybridized carbons (Fsp3) is 0.941. The zero-order chi connectivity index (χ0) is 49.1. The highest BCUT2D eigenvalue weighted by molar-refractivity contribution is 7.46. The topological polar surface area (TPSA) is 491 Å². The van der Waals surface area contributed by atoms with E-state index >= 15 is 0 Å². The van der Waals surface area contributed by atoms with Crippen LogP contribution in [-0.4, -0.2) is 280 Å². The van der Waals surface area contributed by atoms with E-state index in [1.54, 1.807) is 0 Å². The van der Waals surface area contributed by atoms with E-state index in [1.165, 1.54) is 0 Å². The summed E-state index contributed by atoms with van der Waals surface area (Å²) in [7, 11) is -5.19. The Kier molecular flexibility index (Phi) is 19.5. The van der Waals surface area contributed by atoms with Gasteiger partial charge in [-0.3, -0.25) is 14.1 Å². The smallest absolute Gasteiger partial charge is 0.394 e. The van der Waals surface area contributed by atoms with Crippen molar-refractivity contribution >= 4 is 19.6 Å². The number of amides is 2. The van der Waals surface area contributed by atoms with Gasteiger partial charge in [-0.1, -0.05) is 0 Å². The van der Waals surface area contributed by atoms with Gasteiger partial charge in [-0.05, 0) is 0 Å². The Hall–Kier alpha value is -1.87. The van der Waals surface area contributed by atoms with Gasteiger partial charge in [0.15, 0.2) is 31.5 Å². The van der Waals surface area contributed by atoms with Gasteiger partial charge in [-0.2, -0.15) is 0 Å². The van der Waals surface area contributed by atoms with Crippen LogP contribution in [0.4, 0.5) is 0 Å². The Morgan fingerprint density at radius 1 is 0.470 bits per heavy atom. The molecule has 5 fully saturated rings. The van der Waals surface area contributed by atoms with Crippen LogP contribution in [0.3, 0.4) is 0 Å². The molecule has 0 aromatic rings. The molecule has 0 aromatic heterocycles. The zero-order valence-electron chi connectivity index (χ0n) is 34.9. The van der Waals surface area contributed by atoms with Crippen LogP contribution in [0, 0.1) is 0 Å². The molecule has 66 heavy (non-hydrogen) atoms. The molecule has 25 atom stereocenters. The number of rotatable bonds is 17. The third-order valence-electron chi connectivity index (χ3n) is 11.3. The van der Waals surface area contributed by atoms with Crippen molar-refractivity contribution in [2.24, 2.45) is 0 Å². The number of aliphatic hydroxyl groups excluding tert-OH is 14. The monoisotopic (exact) mass is 990 g/mol. The van der Waals surface area contributed by atoms with E-state index in [4.69, 9.17) is 42.6 Å². The van der Waals surface area contributed by atoms with Crippen molar-refractivity contribution in [3.05, 3.63) is 0 Å². The molecule has 2 amide bonds. The van der Waals surface area contributed by atoms with Crippen LogP contribution in [0.25, 0.3) is 0 Å². The molecule has 0 spiro atoms. The lowest BCUT2D eigenvalue weighted by Gasteiger charge is -2.51. The van der Waals surface area contributed by atoms with Crippen LogP contribution in [0.5, 0.6) is 0 Å². The summed E-state index contributed by atoms with van der Waals surface area (Å²) in [4.78, 5) is 43.6. The summed E-state index contributed by atoms with van der Waals surface area (Å²) in [5, 5.41) is 153. The molecule has 0 unspecified atom stereocenters. The third kappa shape index (κ3) is 12.7. The summed E-state index contributed by atoms with van der Waals surface area (Å²) in [6.45, 7) is -2.85. The lowest BCUT2D eigenvalue weighted by atomic mass is 9.93. The summed E-state index contributed by atoms with van der Waals surface area (Å²) >= 11 is 0. The second-order valence-corrected chi connectivity index (χ2v) is 17.3. The summed E-state index contributed by atoms with van der Waals surface area (Å²) < 4.78 is 67.0.